The Labute approximate surface area is 124 Å². The molecule has 0 spiro atoms. The van der Waals surface area contributed by atoms with Crippen LogP contribution in [0, 0.1) is 0 Å². The number of unbranched alkanes of at least 4 members (excludes halogenated alkanes) is 1. The van der Waals surface area contributed by atoms with Crippen molar-refractivity contribution in [3.8, 4) is 11.5 Å². The van der Waals surface area contributed by atoms with E-state index in [-0.39, 0.29) is 5.91 Å². The molecule has 0 saturated carbocycles. The molecule has 21 heavy (non-hydrogen) atoms. The average Bonchev–Trinajstić information content (AvgIpc) is 2.52. The van der Waals surface area contributed by atoms with Gasteiger partial charge in [-0.3, -0.25) is 9.59 Å². The monoisotopic (exact) mass is 291 g/mol. The summed E-state index contributed by atoms with van der Waals surface area (Å²) in [5, 5.41) is 0. The molecule has 114 valence electrons. The van der Waals surface area contributed by atoms with Crippen molar-refractivity contribution < 1.29 is 19.1 Å². The Morgan fingerprint density at radius 3 is 2.71 bits per heavy atom. The SMILES string of the molecule is CCCCN1C(=O)C(CC)Oc2c(OC)cc(C=O)cc21. The fourth-order valence-electron chi connectivity index (χ4n) is 2.44. The largest absolute Gasteiger partial charge is 0.493 e. The summed E-state index contributed by atoms with van der Waals surface area (Å²) in [6.45, 7) is 4.61. The van der Waals surface area contributed by atoms with E-state index in [1.165, 1.54) is 7.11 Å². The minimum atomic E-state index is -0.495. The molecule has 0 saturated heterocycles. The number of anilines is 1. The second kappa shape index (κ2) is 6.61. The first-order valence-electron chi connectivity index (χ1n) is 7.31. The average molecular weight is 291 g/mol. The predicted molar refractivity (Wildman–Crippen MR) is 80.3 cm³/mol. The summed E-state index contributed by atoms with van der Waals surface area (Å²) < 4.78 is 11.1. The Morgan fingerprint density at radius 1 is 1.38 bits per heavy atom. The third-order valence-electron chi connectivity index (χ3n) is 3.61. The Hall–Kier alpha value is -2.04. The van der Waals surface area contributed by atoms with Gasteiger partial charge in [0.15, 0.2) is 17.6 Å². The van der Waals surface area contributed by atoms with Crippen LogP contribution in [0.4, 0.5) is 5.69 Å². The summed E-state index contributed by atoms with van der Waals surface area (Å²) in [5.41, 5.74) is 1.10. The van der Waals surface area contributed by atoms with Crippen molar-refractivity contribution in [2.75, 3.05) is 18.6 Å². The number of hydrogen-bond acceptors (Lipinski definition) is 4. The number of benzene rings is 1. The van der Waals surface area contributed by atoms with Crippen LogP contribution < -0.4 is 14.4 Å². The van der Waals surface area contributed by atoms with E-state index in [1.54, 1.807) is 17.0 Å². The molecule has 0 bridgehead atoms. The van der Waals surface area contributed by atoms with Gasteiger partial charge in [-0.05, 0) is 25.0 Å². The number of aldehydes is 1. The molecule has 0 fully saturated rings. The van der Waals surface area contributed by atoms with Gasteiger partial charge in [0, 0.05) is 12.1 Å². The Balaban J connectivity index is 2.52. The molecule has 1 amide bonds. The third kappa shape index (κ3) is 2.86. The van der Waals surface area contributed by atoms with Gasteiger partial charge in [-0.15, -0.1) is 0 Å². The van der Waals surface area contributed by atoms with Crippen LogP contribution in [0.25, 0.3) is 0 Å². The maximum Gasteiger partial charge on any atom is 0.268 e. The van der Waals surface area contributed by atoms with Crippen LogP contribution in [0.2, 0.25) is 0 Å². The van der Waals surface area contributed by atoms with Crippen LogP contribution in [0.5, 0.6) is 11.5 Å². The Morgan fingerprint density at radius 2 is 2.14 bits per heavy atom. The lowest BCUT2D eigenvalue weighted by atomic mass is 10.1. The molecule has 5 nitrogen and oxygen atoms in total. The predicted octanol–water partition coefficient (Wildman–Crippen LogP) is 2.81. The van der Waals surface area contributed by atoms with Gasteiger partial charge in [0.2, 0.25) is 0 Å². The molecular weight excluding hydrogens is 270 g/mol. The van der Waals surface area contributed by atoms with Crippen molar-refractivity contribution in [1.29, 1.82) is 0 Å². The van der Waals surface area contributed by atoms with Gasteiger partial charge in [0.25, 0.3) is 5.91 Å². The number of methoxy groups -OCH3 is 1. The maximum absolute atomic E-state index is 12.5. The van der Waals surface area contributed by atoms with Crippen molar-refractivity contribution in [1.82, 2.24) is 0 Å². The molecule has 1 atom stereocenters. The van der Waals surface area contributed by atoms with Gasteiger partial charge in [0.1, 0.15) is 6.29 Å². The van der Waals surface area contributed by atoms with Crippen molar-refractivity contribution >= 4 is 17.9 Å². The number of carbonyl (C=O) groups excluding carboxylic acids is 2. The Kier molecular flexibility index (Phi) is 4.83. The van der Waals surface area contributed by atoms with Crippen LogP contribution in [0.1, 0.15) is 43.5 Å². The molecule has 1 aromatic carbocycles. The second-order valence-electron chi connectivity index (χ2n) is 5.05. The zero-order valence-corrected chi connectivity index (χ0v) is 12.7. The van der Waals surface area contributed by atoms with Gasteiger partial charge >= 0.3 is 0 Å². The van der Waals surface area contributed by atoms with E-state index < -0.39 is 6.10 Å². The van der Waals surface area contributed by atoms with E-state index in [0.29, 0.717) is 35.7 Å². The number of ether oxygens (including phenoxy) is 2. The first-order valence-corrected chi connectivity index (χ1v) is 7.31. The molecular formula is C16H21NO4. The number of amides is 1. The number of nitrogens with zero attached hydrogens (tertiary/aromatic N) is 1. The lowest BCUT2D eigenvalue weighted by Crippen LogP contribution is -2.46. The zero-order valence-electron chi connectivity index (χ0n) is 12.7. The van der Waals surface area contributed by atoms with E-state index in [1.807, 2.05) is 6.92 Å². The molecule has 1 heterocycles. The summed E-state index contributed by atoms with van der Waals surface area (Å²) in [7, 11) is 1.53. The smallest absolute Gasteiger partial charge is 0.268 e. The topological polar surface area (TPSA) is 55.8 Å². The quantitative estimate of drug-likeness (QED) is 0.756. The van der Waals surface area contributed by atoms with E-state index >= 15 is 0 Å². The molecule has 1 aliphatic rings. The van der Waals surface area contributed by atoms with Crippen molar-refractivity contribution in [3.63, 3.8) is 0 Å². The van der Waals surface area contributed by atoms with Crippen molar-refractivity contribution in [3.05, 3.63) is 17.7 Å². The first kappa shape index (κ1) is 15.4. The van der Waals surface area contributed by atoms with Crippen LogP contribution in [-0.2, 0) is 4.79 Å². The van der Waals surface area contributed by atoms with Crippen molar-refractivity contribution in [2.45, 2.75) is 39.2 Å². The van der Waals surface area contributed by atoms with Gasteiger partial charge in [-0.1, -0.05) is 20.3 Å². The standard InChI is InChI=1S/C16H21NO4/c1-4-6-7-17-12-8-11(10-18)9-14(20-3)15(12)21-13(5-2)16(17)19/h8-10,13H,4-7H2,1-3H3. The van der Waals surface area contributed by atoms with Crippen molar-refractivity contribution in [2.24, 2.45) is 0 Å². The fraction of sp³-hybridized carbons (Fsp3) is 0.500. The van der Waals surface area contributed by atoms with E-state index in [0.717, 1.165) is 19.1 Å². The minimum absolute atomic E-state index is 0.0523. The molecule has 0 aliphatic carbocycles. The van der Waals surface area contributed by atoms with Gasteiger partial charge in [-0.2, -0.15) is 0 Å². The van der Waals surface area contributed by atoms with Crippen LogP contribution in [-0.4, -0.2) is 32.0 Å². The highest BCUT2D eigenvalue weighted by molar-refractivity contribution is 6.01. The maximum atomic E-state index is 12.5. The normalized spacial score (nSPS) is 17.2. The molecule has 0 aromatic heterocycles. The highest BCUT2D eigenvalue weighted by atomic mass is 16.5. The lowest BCUT2D eigenvalue weighted by molar-refractivity contribution is -0.126. The van der Waals surface area contributed by atoms with E-state index in [4.69, 9.17) is 9.47 Å². The van der Waals surface area contributed by atoms with E-state index in [2.05, 4.69) is 6.92 Å². The fourth-order valence-corrected chi connectivity index (χ4v) is 2.44. The Bertz CT molecular complexity index is 541. The lowest BCUT2D eigenvalue weighted by Gasteiger charge is -2.35. The molecule has 1 unspecified atom stereocenters. The summed E-state index contributed by atoms with van der Waals surface area (Å²) in [5.74, 6) is 0.983. The van der Waals surface area contributed by atoms with Crippen LogP contribution >= 0.6 is 0 Å². The van der Waals surface area contributed by atoms with Gasteiger partial charge in [0.05, 0.1) is 12.8 Å². The zero-order chi connectivity index (χ0) is 15.4. The molecule has 0 radical (unpaired) electrons. The van der Waals surface area contributed by atoms with E-state index in [9.17, 15) is 9.59 Å². The summed E-state index contributed by atoms with van der Waals surface area (Å²) in [4.78, 5) is 25.3. The molecule has 1 aliphatic heterocycles. The van der Waals surface area contributed by atoms with Crippen LogP contribution in [0.15, 0.2) is 12.1 Å². The number of carbonyl (C=O) groups is 2. The minimum Gasteiger partial charge on any atom is -0.493 e. The number of hydrogen-bond donors (Lipinski definition) is 0. The van der Waals surface area contributed by atoms with Gasteiger partial charge < -0.3 is 14.4 Å². The summed E-state index contributed by atoms with van der Waals surface area (Å²) >= 11 is 0. The summed E-state index contributed by atoms with van der Waals surface area (Å²) in [6.07, 6.45) is 2.73. The highest BCUT2D eigenvalue weighted by Gasteiger charge is 2.35. The number of rotatable bonds is 6. The van der Waals surface area contributed by atoms with Gasteiger partial charge in [-0.25, -0.2) is 0 Å². The molecule has 1 aromatic rings. The summed E-state index contributed by atoms with van der Waals surface area (Å²) in [6, 6.07) is 3.32. The second-order valence-corrected chi connectivity index (χ2v) is 5.05. The highest BCUT2D eigenvalue weighted by Crippen LogP contribution is 2.43. The molecule has 5 heteroatoms. The third-order valence-corrected chi connectivity index (χ3v) is 3.61. The van der Waals surface area contributed by atoms with Crippen LogP contribution in [0.3, 0.4) is 0 Å². The molecule has 2 rings (SSSR count). The number of fused-ring (bicyclic) bond motifs is 1. The molecule has 0 N–H and O–H groups in total. The first-order chi connectivity index (χ1) is 10.2.